The van der Waals surface area contributed by atoms with Crippen LogP contribution >= 0.6 is 11.3 Å². The Morgan fingerprint density at radius 1 is 0.871 bits per heavy atom. The maximum atomic E-state index is 12.7. The number of carbonyl (C=O) groups is 1. The number of aromatic nitrogens is 2. The summed E-state index contributed by atoms with van der Waals surface area (Å²) in [6.07, 6.45) is 4.59. The van der Waals surface area contributed by atoms with Crippen LogP contribution in [0.15, 0.2) is 83.8 Å². The molecule has 0 spiro atoms. The van der Waals surface area contributed by atoms with Crippen molar-refractivity contribution in [2.24, 2.45) is 0 Å². The van der Waals surface area contributed by atoms with Gasteiger partial charge in [-0.1, -0.05) is 72.0 Å². The zero-order chi connectivity index (χ0) is 21.6. The van der Waals surface area contributed by atoms with Crippen molar-refractivity contribution in [1.82, 2.24) is 9.55 Å². The largest absolute Gasteiger partial charge is 0.293 e. The second kappa shape index (κ2) is 9.67. The Morgan fingerprint density at radius 2 is 1.48 bits per heavy atom. The quantitative estimate of drug-likeness (QED) is 0.362. The van der Waals surface area contributed by atoms with Gasteiger partial charge in [-0.25, -0.2) is 4.98 Å². The van der Waals surface area contributed by atoms with Crippen molar-refractivity contribution in [3.63, 3.8) is 0 Å². The summed E-state index contributed by atoms with van der Waals surface area (Å²) in [5, 5.41) is 0.542. The summed E-state index contributed by atoms with van der Waals surface area (Å²) in [5.74, 6) is 0.0673. The average molecular weight is 429 g/mol. The molecule has 0 aliphatic rings. The van der Waals surface area contributed by atoms with E-state index in [4.69, 9.17) is 0 Å². The monoisotopic (exact) mass is 428 g/mol. The molecule has 2 heterocycles. The molecule has 0 aliphatic heterocycles. The number of rotatable bonds is 8. The van der Waals surface area contributed by atoms with E-state index in [2.05, 4.69) is 17.1 Å². The molecule has 4 nitrogen and oxygen atoms in total. The fourth-order valence-electron chi connectivity index (χ4n) is 3.53. The molecule has 0 saturated heterocycles. The van der Waals surface area contributed by atoms with Gasteiger partial charge in [-0.15, -0.1) is 0 Å². The van der Waals surface area contributed by atoms with Crippen LogP contribution in [0.4, 0.5) is 0 Å². The van der Waals surface area contributed by atoms with E-state index in [1.165, 1.54) is 21.5 Å². The van der Waals surface area contributed by atoms with Crippen LogP contribution in [0.2, 0.25) is 0 Å². The summed E-state index contributed by atoms with van der Waals surface area (Å²) in [6, 6.07) is 23.8. The van der Waals surface area contributed by atoms with Gasteiger partial charge in [0, 0.05) is 18.7 Å². The van der Waals surface area contributed by atoms with Gasteiger partial charge in [-0.3, -0.25) is 14.2 Å². The molecule has 0 radical (unpaired) electrons. The van der Waals surface area contributed by atoms with E-state index in [1.54, 1.807) is 12.3 Å². The number of ketones is 1. The molecule has 5 heteroatoms. The van der Waals surface area contributed by atoms with Crippen LogP contribution in [0.1, 0.15) is 38.5 Å². The van der Waals surface area contributed by atoms with Crippen LogP contribution in [0.25, 0.3) is 5.13 Å². The first-order chi connectivity index (χ1) is 15.1. The van der Waals surface area contributed by atoms with Gasteiger partial charge in [0.25, 0.3) is 5.56 Å². The van der Waals surface area contributed by atoms with Crippen LogP contribution in [0, 0.1) is 6.92 Å². The molecule has 0 atom stereocenters. The van der Waals surface area contributed by atoms with Gasteiger partial charge >= 0.3 is 0 Å². The van der Waals surface area contributed by atoms with Crippen molar-refractivity contribution in [2.45, 2.75) is 32.6 Å². The molecule has 2 aromatic heterocycles. The van der Waals surface area contributed by atoms with E-state index in [0.29, 0.717) is 28.5 Å². The predicted octanol–water partition coefficient (Wildman–Crippen LogP) is 5.20. The van der Waals surface area contributed by atoms with Gasteiger partial charge < -0.3 is 0 Å². The maximum Gasteiger partial charge on any atom is 0.257 e. The van der Waals surface area contributed by atoms with E-state index in [-0.39, 0.29) is 11.3 Å². The van der Waals surface area contributed by atoms with Gasteiger partial charge in [0.1, 0.15) is 0 Å². The van der Waals surface area contributed by atoms with E-state index >= 15 is 0 Å². The number of benzene rings is 2. The lowest BCUT2D eigenvalue weighted by atomic mass is 10.1. The van der Waals surface area contributed by atoms with Gasteiger partial charge in [0.15, 0.2) is 10.9 Å². The molecule has 0 aliphatic carbocycles. The third kappa shape index (κ3) is 5.25. The number of pyridine rings is 1. The van der Waals surface area contributed by atoms with Gasteiger partial charge in [0.2, 0.25) is 0 Å². The second-order valence-corrected chi connectivity index (χ2v) is 8.53. The van der Waals surface area contributed by atoms with Crippen LogP contribution in [-0.4, -0.2) is 15.3 Å². The average Bonchev–Trinajstić information content (AvgIpc) is 3.19. The zero-order valence-electron chi connectivity index (χ0n) is 17.5. The van der Waals surface area contributed by atoms with Crippen LogP contribution in [0.3, 0.4) is 0 Å². The van der Waals surface area contributed by atoms with E-state index in [9.17, 15) is 9.59 Å². The van der Waals surface area contributed by atoms with Crippen LogP contribution in [0.5, 0.6) is 0 Å². The zero-order valence-corrected chi connectivity index (χ0v) is 18.3. The van der Waals surface area contributed by atoms with Crippen molar-refractivity contribution < 1.29 is 4.79 Å². The summed E-state index contributed by atoms with van der Waals surface area (Å²) < 4.78 is 1.53. The summed E-state index contributed by atoms with van der Waals surface area (Å²) >= 11 is 1.29. The standard InChI is InChI=1S/C26H24N2O2S/c1-19-25(23(29)15-14-21-10-6-3-7-11-21)31-26(27-19)28-17-16-22(18-24(28)30)13-12-20-8-4-2-5-9-20/h2-11,16-18H,12-15H2,1H3. The van der Waals surface area contributed by atoms with E-state index < -0.39 is 0 Å². The summed E-state index contributed by atoms with van der Waals surface area (Å²) in [6.45, 7) is 1.83. The fourth-order valence-corrected chi connectivity index (χ4v) is 4.55. The third-order valence-corrected chi connectivity index (χ3v) is 6.46. The Hall–Kier alpha value is -3.31. The first kappa shape index (κ1) is 20.9. The number of hydrogen-bond donors (Lipinski definition) is 0. The molecule has 2 aromatic carbocycles. The highest BCUT2D eigenvalue weighted by Gasteiger charge is 2.17. The molecular formula is C26H24N2O2S. The highest BCUT2D eigenvalue weighted by Crippen LogP contribution is 2.23. The Kier molecular flexibility index (Phi) is 6.53. The van der Waals surface area contributed by atoms with Crippen molar-refractivity contribution >= 4 is 17.1 Å². The topological polar surface area (TPSA) is 52.0 Å². The van der Waals surface area contributed by atoms with Crippen molar-refractivity contribution in [2.75, 3.05) is 0 Å². The Balaban J connectivity index is 1.46. The summed E-state index contributed by atoms with van der Waals surface area (Å²) in [5.41, 5.74) is 3.94. The number of aryl methyl sites for hydroxylation is 4. The Labute approximate surface area is 185 Å². The van der Waals surface area contributed by atoms with E-state index in [1.807, 2.05) is 61.5 Å². The van der Waals surface area contributed by atoms with Crippen LogP contribution in [-0.2, 0) is 19.3 Å². The maximum absolute atomic E-state index is 12.7. The highest BCUT2D eigenvalue weighted by atomic mass is 32.1. The van der Waals surface area contributed by atoms with Crippen LogP contribution < -0.4 is 5.56 Å². The molecule has 0 N–H and O–H groups in total. The number of Topliss-reactive ketones (excluding diaryl/α,β-unsaturated/α-hetero) is 1. The van der Waals surface area contributed by atoms with Gasteiger partial charge in [-0.2, -0.15) is 0 Å². The molecule has 4 rings (SSSR count). The lowest BCUT2D eigenvalue weighted by Gasteiger charge is -2.05. The molecule has 156 valence electrons. The molecule has 0 unspecified atom stereocenters. The normalized spacial score (nSPS) is 10.9. The summed E-state index contributed by atoms with van der Waals surface area (Å²) in [4.78, 5) is 30.6. The minimum absolute atomic E-state index is 0.0673. The molecule has 4 aromatic rings. The molecule has 0 bridgehead atoms. The molecule has 0 amide bonds. The number of thiazole rings is 1. The first-order valence-corrected chi connectivity index (χ1v) is 11.2. The lowest BCUT2D eigenvalue weighted by molar-refractivity contribution is 0.0986. The minimum atomic E-state index is -0.123. The lowest BCUT2D eigenvalue weighted by Crippen LogP contribution is -2.17. The SMILES string of the molecule is Cc1nc(-n2ccc(CCc3ccccc3)cc2=O)sc1C(=O)CCc1ccccc1. The van der Waals surface area contributed by atoms with Gasteiger partial charge in [0.05, 0.1) is 10.6 Å². The molecule has 0 fully saturated rings. The number of hydrogen-bond acceptors (Lipinski definition) is 4. The minimum Gasteiger partial charge on any atom is -0.293 e. The summed E-state index contributed by atoms with van der Waals surface area (Å²) in [7, 11) is 0. The second-order valence-electron chi connectivity index (χ2n) is 7.55. The number of carbonyl (C=O) groups excluding carboxylic acids is 1. The molecule has 0 saturated carbocycles. The number of nitrogens with zero attached hydrogens (tertiary/aromatic N) is 2. The highest BCUT2D eigenvalue weighted by molar-refractivity contribution is 7.16. The van der Waals surface area contributed by atoms with Gasteiger partial charge in [-0.05, 0) is 48.9 Å². The smallest absolute Gasteiger partial charge is 0.257 e. The first-order valence-electron chi connectivity index (χ1n) is 10.4. The third-order valence-electron chi connectivity index (χ3n) is 5.26. The Morgan fingerprint density at radius 3 is 2.13 bits per heavy atom. The van der Waals surface area contributed by atoms with Crippen molar-refractivity contribution in [3.05, 3.63) is 117 Å². The van der Waals surface area contributed by atoms with Crippen molar-refractivity contribution in [3.8, 4) is 5.13 Å². The molecule has 31 heavy (non-hydrogen) atoms. The molecular weight excluding hydrogens is 404 g/mol. The van der Waals surface area contributed by atoms with E-state index in [0.717, 1.165) is 24.0 Å². The fraction of sp³-hybridized carbons (Fsp3) is 0.192. The van der Waals surface area contributed by atoms with Crippen molar-refractivity contribution in [1.29, 1.82) is 0 Å². The predicted molar refractivity (Wildman–Crippen MR) is 125 cm³/mol. The Bertz CT molecular complexity index is 1230.